The van der Waals surface area contributed by atoms with Crippen molar-refractivity contribution in [2.75, 3.05) is 44.0 Å². The third-order valence-corrected chi connectivity index (χ3v) is 13.2. The number of carbonyl (C=O) groups is 1. The Morgan fingerprint density at radius 2 is 1.77 bits per heavy atom. The molecule has 296 valence electrons. The first-order chi connectivity index (χ1) is 26.8. The van der Waals surface area contributed by atoms with E-state index in [1.54, 1.807) is 17.5 Å². The Balaban J connectivity index is 0.956. The zero-order valence-corrected chi connectivity index (χ0v) is 33.9. The average Bonchev–Trinajstić information content (AvgIpc) is 3.70. The van der Waals surface area contributed by atoms with Crippen molar-refractivity contribution in [1.82, 2.24) is 34.8 Å². The molecule has 1 aromatic carbocycles. The lowest BCUT2D eigenvalue weighted by molar-refractivity contribution is -0.248. The minimum atomic E-state index is -1.10. The standard InChI is InChI=1S/C42H53N9O4S/c1-27-17-29(48-49-36(27)47-38-45-32-9-6-7-10-33(32)56-38)18-43-34-12-11-30(35(46-34)37(53)54)31-19-44-51(28(31)2)26-41-21-39(3)20-40(4,22-41)24-42(23-39,25-41)55-16-14-50(5)13-8-15-52/h6-7,9-12,17,19,52H,8,13-16,18,20-26H2,1-5H3,(H,43,46)(H,53,54)(H,45,47,49). The molecule has 0 aliphatic heterocycles. The number of benzene rings is 1. The number of hydrogen-bond acceptors (Lipinski definition) is 12. The minimum absolute atomic E-state index is 0.0265. The number of rotatable bonds is 16. The number of aliphatic hydroxyl groups is 1. The molecule has 0 saturated heterocycles. The number of para-hydroxylation sites is 1. The van der Waals surface area contributed by atoms with Gasteiger partial charge in [0.25, 0.3) is 0 Å². The lowest BCUT2D eigenvalue weighted by Gasteiger charge is -2.69. The van der Waals surface area contributed by atoms with E-state index in [2.05, 4.69) is 61.3 Å². The van der Waals surface area contributed by atoms with Gasteiger partial charge in [-0.2, -0.15) is 10.2 Å². The van der Waals surface area contributed by atoms with Crippen LogP contribution in [0.3, 0.4) is 0 Å². The van der Waals surface area contributed by atoms with E-state index in [-0.39, 0.29) is 34.1 Å². The Morgan fingerprint density at radius 3 is 2.50 bits per heavy atom. The number of nitrogens with zero attached hydrogens (tertiary/aromatic N) is 7. The summed E-state index contributed by atoms with van der Waals surface area (Å²) in [5, 5.41) is 40.5. The van der Waals surface area contributed by atoms with Crippen molar-refractivity contribution < 1.29 is 19.7 Å². The maximum absolute atomic E-state index is 12.6. The van der Waals surface area contributed by atoms with Crippen molar-refractivity contribution in [3.8, 4) is 11.1 Å². The highest BCUT2D eigenvalue weighted by atomic mass is 32.1. The van der Waals surface area contributed by atoms with Gasteiger partial charge in [0.15, 0.2) is 16.6 Å². The van der Waals surface area contributed by atoms with Gasteiger partial charge >= 0.3 is 5.97 Å². The molecule has 4 N–H and O–H groups in total. The molecule has 2 unspecified atom stereocenters. The topological polar surface area (TPSA) is 163 Å². The van der Waals surface area contributed by atoms with Gasteiger partial charge in [0, 0.05) is 43.1 Å². The minimum Gasteiger partial charge on any atom is -0.476 e. The predicted molar refractivity (Wildman–Crippen MR) is 218 cm³/mol. The van der Waals surface area contributed by atoms with Gasteiger partial charge in [0.05, 0.1) is 40.9 Å². The summed E-state index contributed by atoms with van der Waals surface area (Å²) in [6.45, 7) is 12.6. The molecule has 4 saturated carbocycles. The number of aliphatic hydroxyl groups excluding tert-OH is 1. The quantitative estimate of drug-likeness (QED) is 0.0783. The van der Waals surface area contributed by atoms with Gasteiger partial charge in [0.2, 0.25) is 0 Å². The van der Waals surface area contributed by atoms with E-state index in [4.69, 9.17) is 9.84 Å². The second kappa shape index (κ2) is 14.8. The van der Waals surface area contributed by atoms with Gasteiger partial charge in [-0.3, -0.25) is 4.68 Å². The second-order valence-electron chi connectivity index (χ2n) is 17.6. The molecule has 0 radical (unpaired) electrons. The Kier molecular flexibility index (Phi) is 10.1. The van der Waals surface area contributed by atoms with Crippen LogP contribution in [0.15, 0.2) is 48.7 Å². The number of nitrogens with one attached hydrogen (secondary N) is 2. The summed E-state index contributed by atoms with van der Waals surface area (Å²) >= 11 is 1.56. The maximum atomic E-state index is 12.6. The van der Waals surface area contributed by atoms with Crippen LogP contribution in [0, 0.1) is 30.1 Å². The van der Waals surface area contributed by atoms with Gasteiger partial charge in [-0.1, -0.05) is 37.3 Å². The van der Waals surface area contributed by atoms with Crippen molar-refractivity contribution in [3.63, 3.8) is 0 Å². The number of aromatic nitrogens is 6. The number of aromatic carboxylic acids is 1. The summed E-state index contributed by atoms with van der Waals surface area (Å²) in [7, 11) is 2.09. The molecule has 14 heteroatoms. The van der Waals surface area contributed by atoms with Crippen molar-refractivity contribution in [1.29, 1.82) is 0 Å². The summed E-state index contributed by atoms with van der Waals surface area (Å²) < 4.78 is 10.1. The monoisotopic (exact) mass is 779 g/mol. The first-order valence-electron chi connectivity index (χ1n) is 19.7. The first-order valence-corrected chi connectivity index (χ1v) is 20.5. The average molecular weight is 780 g/mol. The second-order valence-corrected chi connectivity index (χ2v) is 18.7. The number of likely N-dealkylation sites (N-methyl/N-ethyl adjacent to an activating group) is 1. The van der Waals surface area contributed by atoms with Gasteiger partial charge in [0.1, 0.15) is 5.82 Å². The molecule has 5 aromatic rings. The predicted octanol–water partition coefficient (Wildman–Crippen LogP) is 7.47. The van der Waals surface area contributed by atoms with Crippen LogP contribution in [0.4, 0.5) is 16.8 Å². The van der Waals surface area contributed by atoms with E-state index in [1.807, 2.05) is 56.3 Å². The van der Waals surface area contributed by atoms with Crippen LogP contribution < -0.4 is 10.6 Å². The van der Waals surface area contributed by atoms with Crippen molar-refractivity contribution in [2.45, 2.75) is 91.3 Å². The Labute approximate surface area is 331 Å². The summed E-state index contributed by atoms with van der Waals surface area (Å²) in [6, 6.07) is 13.6. The van der Waals surface area contributed by atoms with Crippen LogP contribution in [-0.2, 0) is 17.8 Å². The summed E-state index contributed by atoms with van der Waals surface area (Å²) in [6.07, 6.45) is 9.26. The van der Waals surface area contributed by atoms with Crippen LogP contribution >= 0.6 is 11.3 Å². The lowest BCUT2D eigenvalue weighted by atomic mass is 9.39. The van der Waals surface area contributed by atoms with E-state index in [0.29, 0.717) is 36.0 Å². The van der Waals surface area contributed by atoms with Crippen LogP contribution in [0.25, 0.3) is 21.3 Å². The number of anilines is 3. The molecule has 4 aromatic heterocycles. The fraction of sp³-hybridized carbons (Fsp3) is 0.524. The molecular formula is C42H53N9O4S. The number of aryl methyl sites for hydroxylation is 1. The zero-order valence-electron chi connectivity index (χ0n) is 33.1. The number of hydrogen-bond donors (Lipinski definition) is 4. The third kappa shape index (κ3) is 7.76. The summed E-state index contributed by atoms with van der Waals surface area (Å²) in [5.74, 6) is -0.0277. The number of pyridine rings is 1. The molecule has 56 heavy (non-hydrogen) atoms. The summed E-state index contributed by atoms with van der Waals surface area (Å²) in [5.41, 5.74) is 5.08. The van der Waals surface area contributed by atoms with Gasteiger partial charge < -0.3 is 30.5 Å². The molecular weight excluding hydrogens is 727 g/mol. The molecule has 2 atom stereocenters. The number of ether oxygens (including phenoxy) is 1. The van der Waals surface area contributed by atoms with Crippen LogP contribution in [0.2, 0.25) is 0 Å². The van der Waals surface area contributed by atoms with E-state index in [9.17, 15) is 15.0 Å². The molecule has 4 aliphatic carbocycles. The molecule has 9 rings (SSSR count). The van der Waals surface area contributed by atoms with E-state index in [0.717, 1.165) is 90.3 Å². The van der Waals surface area contributed by atoms with Gasteiger partial charge in [-0.15, -0.1) is 5.10 Å². The van der Waals surface area contributed by atoms with Gasteiger partial charge in [-0.05, 0) is 118 Å². The highest BCUT2D eigenvalue weighted by molar-refractivity contribution is 7.22. The van der Waals surface area contributed by atoms with Crippen molar-refractivity contribution in [3.05, 3.63) is 71.3 Å². The third-order valence-electron chi connectivity index (χ3n) is 12.2. The smallest absolute Gasteiger partial charge is 0.355 e. The van der Waals surface area contributed by atoms with Crippen LogP contribution in [0.5, 0.6) is 0 Å². The zero-order chi connectivity index (χ0) is 39.3. The fourth-order valence-corrected chi connectivity index (χ4v) is 12.0. The van der Waals surface area contributed by atoms with Crippen molar-refractivity contribution >= 4 is 44.3 Å². The van der Waals surface area contributed by atoms with Gasteiger partial charge in [-0.25, -0.2) is 14.8 Å². The van der Waals surface area contributed by atoms with E-state index >= 15 is 0 Å². The molecule has 0 spiro atoms. The Bertz CT molecular complexity index is 2200. The lowest BCUT2D eigenvalue weighted by Crippen LogP contribution is -2.64. The molecule has 4 bridgehead atoms. The number of thiazole rings is 1. The Hall–Kier alpha value is -4.50. The summed E-state index contributed by atoms with van der Waals surface area (Å²) in [4.78, 5) is 24.1. The van der Waals surface area contributed by atoms with E-state index < -0.39 is 5.97 Å². The SMILES string of the molecule is Cc1cc(CNc2ccc(-c3cnn(CC45CC6(C)CC(C)(C4)CC(OCCN(C)CCCO)(C6)C5)c3C)c(C(=O)O)n2)nnc1Nc1nc2ccccc2s1. The number of carboxylic acids is 1. The van der Waals surface area contributed by atoms with Crippen LogP contribution in [-0.4, -0.2) is 90.0 Å². The molecule has 0 amide bonds. The molecule has 13 nitrogen and oxygen atoms in total. The normalized spacial score (nSPS) is 25.3. The highest BCUT2D eigenvalue weighted by Crippen LogP contribution is 2.72. The number of fused-ring (bicyclic) bond motifs is 1. The maximum Gasteiger partial charge on any atom is 0.355 e. The Morgan fingerprint density at radius 1 is 0.982 bits per heavy atom. The van der Waals surface area contributed by atoms with Crippen LogP contribution in [0.1, 0.15) is 86.2 Å². The number of carboxylic acid groups (broad SMARTS) is 1. The van der Waals surface area contributed by atoms with Crippen molar-refractivity contribution in [2.24, 2.45) is 16.2 Å². The first kappa shape index (κ1) is 38.4. The van der Waals surface area contributed by atoms with E-state index in [1.165, 1.54) is 6.42 Å². The largest absolute Gasteiger partial charge is 0.476 e. The molecule has 4 aliphatic rings. The highest BCUT2D eigenvalue weighted by Gasteiger charge is 2.66. The molecule has 4 heterocycles. The fourth-order valence-electron chi connectivity index (χ4n) is 11.1. The molecule has 4 fully saturated rings.